The van der Waals surface area contributed by atoms with E-state index in [1.165, 1.54) is 11.1 Å². The minimum atomic E-state index is -0.0314. The van der Waals surface area contributed by atoms with Crippen LogP contribution >= 0.6 is 11.6 Å². The largest absolute Gasteiger partial charge is 0.490 e. The van der Waals surface area contributed by atoms with E-state index in [4.69, 9.17) is 26.8 Å². The number of ether oxygens (including phenoxy) is 2. The van der Waals surface area contributed by atoms with Gasteiger partial charge in [-0.3, -0.25) is 0 Å². The van der Waals surface area contributed by atoms with Crippen LogP contribution in [0.1, 0.15) is 43.4 Å². The van der Waals surface area contributed by atoms with Gasteiger partial charge in [-0.1, -0.05) is 11.6 Å². The molecule has 2 N–H and O–H groups in total. The van der Waals surface area contributed by atoms with Crippen LogP contribution in [0.5, 0.6) is 11.5 Å². The molecule has 2 atom stereocenters. The van der Waals surface area contributed by atoms with Gasteiger partial charge in [0.05, 0.1) is 5.02 Å². The second-order valence-electron chi connectivity index (χ2n) is 6.71. The van der Waals surface area contributed by atoms with Crippen LogP contribution in [0.15, 0.2) is 0 Å². The minimum absolute atomic E-state index is 0.0314. The molecule has 1 aromatic carbocycles. The number of hydrogen-bond donors (Lipinski definition) is 1. The summed E-state index contributed by atoms with van der Waals surface area (Å²) in [5.74, 6) is 1.88. The molecule has 20 heavy (non-hydrogen) atoms. The van der Waals surface area contributed by atoms with E-state index in [-0.39, 0.29) is 17.7 Å². The molecule has 0 bridgehead atoms. The standard InChI is InChI=1S/C16H20ClNO2/c1-8-5-10-12(7-16(18)3-4-16)14-11(6-9(2)19-14)13(17)15(10)20-8/h8-9H,3-7,18H2,1-2H3. The Labute approximate surface area is 124 Å². The number of nitrogens with two attached hydrogens (primary N) is 1. The Morgan fingerprint density at radius 3 is 2.35 bits per heavy atom. The fourth-order valence-corrected chi connectivity index (χ4v) is 3.75. The van der Waals surface area contributed by atoms with E-state index in [1.54, 1.807) is 0 Å². The average molecular weight is 294 g/mol. The minimum Gasteiger partial charge on any atom is -0.490 e. The second-order valence-corrected chi connectivity index (χ2v) is 7.09. The van der Waals surface area contributed by atoms with Gasteiger partial charge in [-0.25, -0.2) is 0 Å². The van der Waals surface area contributed by atoms with Gasteiger partial charge in [0.1, 0.15) is 23.7 Å². The monoisotopic (exact) mass is 293 g/mol. The van der Waals surface area contributed by atoms with Crippen molar-refractivity contribution in [3.8, 4) is 11.5 Å². The van der Waals surface area contributed by atoms with E-state index in [0.29, 0.717) is 0 Å². The molecule has 0 amide bonds. The molecule has 0 spiro atoms. The van der Waals surface area contributed by atoms with Crippen molar-refractivity contribution in [3.63, 3.8) is 0 Å². The molecular weight excluding hydrogens is 274 g/mol. The van der Waals surface area contributed by atoms with Crippen LogP contribution in [0.25, 0.3) is 0 Å². The molecule has 2 aliphatic heterocycles. The molecule has 1 aliphatic carbocycles. The second kappa shape index (κ2) is 4.05. The van der Waals surface area contributed by atoms with E-state index in [9.17, 15) is 0 Å². The molecule has 1 aromatic rings. The first-order valence-electron chi connectivity index (χ1n) is 7.45. The third-order valence-electron chi connectivity index (χ3n) is 4.69. The Morgan fingerprint density at radius 1 is 1.10 bits per heavy atom. The summed E-state index contributed by atoms with van der Waals surface area (Å²) in [7, 11) is 0. The Kier molecular flexibility index (Phi) is 2.59. The number of halogens is 1. The fourth-order valence-electron chi connectivity index (χ4n) is 3.43. The molecule has 0 saturated heterocycles. The molecule has 4 heteroatoms. The van der Waals surface area contributed by atoms with E-state index >= 15 is 0 Å². The molecule has 3 aliphatic rings. The molecule has 4 rings (SSSR count). The van der Waals surface area contributed by atoms with Gasteiger partial charge in [-0.15, -0.1) is 0 Å². The maximum Gasteiger partial charge on any atom is 0.142 e. The van der Waals surface area contributed by atoms with E-state index < -0.39 is 0 Å². The number of benzene rings is 1. The maximum absolute atomic E-state index is 6.55. The van der Waals surface area contributed by atoms with E-state index in [0.717, 1.165) is 54.2 Å². The smallest absolute Gasteiger partial charge is 0.142 e. The van der Waals surface area contributed by atoms with Crippen molar-refractivity contribution in [1.82, 2.24) is 0 Å². The lowest BCUT2D eigenvalue weighted by Gasteiger charge is -2.17. The number of fused-ring (bicyclic) bond motifs is 2. The Balaban J connectivity index is 1.88. The van der Waals surface area contributed by atoms with Crippen LogP contribution < -0.4 is 15.2 Å². The molecule has 1 saturated carbocycles. The molecule has 108 valence electrons. The van der Waals surface area contributed by atoms with Crippen molar-refractivity contribution in [2.45, 2.75) is 63.7 Å². The number of hydrogen-bond acceptors (Lipinski definition) is 3. The van der Waals surface area contributed by atoms with Crippen LogP contribution in [0.4, 0.5) is 0 Å². The molecule has 1 fully saturated rings. The van der Waals surface area contributed by atoms with Gasteiger partial charge >= 0.3 is 0 Å². The lowest BCUT2D eigenvalue weighted by molar-refractivity contribution is 0.251. The van der Waals surface area contributed by atoms with E-state index in [1.807, 2.05) is 0 Å². The predicted molar refractivity (Wildman–Crippen MR) is 78.9 cm³/mol. The Morgan fingerprint density at radius 2 is 1.70 bits per heavy atom. The number of rotatable bonds is 2. The van der Waals surface area contributed by atoms with Crippen LogP contribution in [-0.4, -0.2) is 17.7 Å². The summed E-state index contributed by atoms with van der Waals surface area (Å²) in [6.07, 6.45) is 5.24. The van der Waals surface area contributed by atoms with Crippen LogP contribution in [0.3, 0.4) is 0 Å². The topological polar surface area (TPSA) is 44.5 Å². The van der Waals surface area contributed by atoms with Gasteiger partial charge in [-0.2, -0.15) is 0 Å². The zero-order valence-corrected chi connectivity index (χ0v) is 12.7. The average Bonchev–Trinajstić information content (AvgIpc) is 2.82. The van der Waals surface area contributed by atoms with Crippen molar-refractivity contribution < 1.29 is 9.47 Å². The van der Waals surface area contributed by atoms with Gasteiger partial charge in [-0.05, 0) is 33.1 Å². The highest BCUT2D eigenvalue weighted by Crippen LogP contribution is 2.51. The van der Waals surface area contributed by atoms with Crippen LogP contribution in [0.2, 0.25) is 5.02 Å². The third-order valence-corrected chi connectivity index (χ3v) is 5.09. The highest BCUT2D eigenvalue weighted by Gasteiger charge is 2.43. The first-order chi connectivity index (χ1) is 9.47. The summed E-state index contributed by atoms with van der Waals surface area (Å²) in [5.41, 5.74) is 9.92. The molecular formula is C16H20ClNO2. The third kappa shape index (κ3) is 1.83. The lowest BCUT2D eigenvalue weighted by atomic mass is 9.92. The van der Waals surface area contributed by atoms with Crippen molar-refractivity contribution >= 4 is 11.6 Å². The van der Waals surface area contributed by atoms with Gasteiger partial charge in [0, 0.05) is 35.1 Å². The zero-order chi connectivity index (χ0) is 14.1. The van der Waals surface area contributed by atoms with Crippen molar-refractivity contribution in [2.24, 2.45) is 5.73 Å². The highest BCUT2D eigenvalue weighted by molar-refractivity contribution is 6.33. The molecule has 0 radical (unpaired) electrons. The van der Waals surface area contributed by atoms with Crippen molar-refractivity contribution in [2.75, 3.05) is 0 Å². The molecule has 0 aromatic heterocycles. The van der Waals surface area contributed by atoms with Gasteiger partial charge in [0.15, 0.2) is 0 Å². The van der Waals surface area contributed by atoms with Crippen LogP contribution in [0, 0.1) is 0 Å². The lowest BCUT2D eigenvalue weighted by Crippen LogP contribution is -2.25. The molecule has 2 unspecified atom stereocenters. The SMILES string of the molecule is CC1Cc2c(CC3(N)CC3)c3c(c(Cl)c2O1)CC(C)O3. The van der Waals surface area contributed by atoms with E-state index in [2.05, 4.69) is 13.8 Å². The molecule has 3 nitrogen and oxygen atoms in total. The van der Waals surface area contributed by atoms with Gasteiger partial charge in [0.25, 0.3) is 0 Å². The van der Waals surface area contributed by atoms with Crippen molar-refractivity contribution in [1.29, 1.82) is 0 Å². The molecule has 2 heterocycles. The summed E-state index contributed by atoms with van der Waals surface area (Å²) < 4.78 is 12.0. The van der Waals surface area contributed by atoms with Crippen LogP contribution in [-0.2, 0) is 19.3 Å². The summed E-state index contributed by atoms with van der Waals surface area (Å²) in [5, 5.41) is 0.759. The van der Waals surface area contributed by atoms with Gasteiger partial charge in [0.2, 0.25) is 0 Å². The van der Waals surface area contributed by atoms with Gasteiger partial charge < -0.3 is 15.2 Å². The summed E-state index contributed by atoms with van der Waals surface area (Å²) in [4.78, 5) is 0. The highest BCUT2D eigenvalue weighted by atomic mass is 35.5. The summed E-state index contributed by atoms with van der Waals surface area (Å²) >= 11 is 6.55. The van der Waals surface area contributed by atoms with Crippen molar-refractivity contribution in [3.05, 3.63) is 21.7 Å². The fraction of sp³-hybridized carbons (Fsp3) is 0.625. The normalized spacial score (nSPS) is 28.6. The quantitative estimate of drug-likeness (QED) is 0.911. The maximum atomic E-state index is 6.55. The summed E-state index contributed by atoms with van der Waals surface area (Å²) in [6.45, 7) is 4.17. The predicted octanol–water partition coefficient (Wildman–Crippen LogP) is 3.02. The summed E-state index contributed by atoms with van der Waals surface area (Å²) in [6, 6.07) is 0. The first-order valence-corrected chi connectivity index (χ1v) is 7.83. The zero-order valence-electron chi connectivity index (χ0n) is 12.0. The Bertz CT molecular complexity index is 556. The Hall–Kier alpha value is -0.930. The first kappa shape index (κ1) is 12.8.